The van der Waals surface area contributed by atoms with E-state index in [1.54, 1.807) is 7.11 Å². The number of nitrogens with one attached hydrogen (secondary N) is 1. The van der Waals surface area contributed by atoms with E-state index in [0.29, 0.717) is 0 Å². The molecule has 0 radical (unpaired) electrons. The molecule has 0 fully saturated rings. The summed E-state index contributed by atoms with van der Waals surface area (Å²) in [6, 6.07) is 14.2. The first kappa shape index (κ1) is 15.8. The van der Waals surface area contributed by atoms with Crippen molar-refractivity contribution in [3.05, 3.63) is 48.2 Å². The lowest BCUT2D eigenvalue weighted by atomic mass is 10.2. The lowest BCUT2D eigenvalue weighted by Gasteiger charge is -2.02. The van der Waals surface area contributed by atoms with Gasteiger partial charge in [-0.3, -0.25) is 0 Å². The van der Waals surface area contributed by atoms with Gasteiger partial charge in [0.1, 0.15) is 11.5 Å². The number of methoxy groups -OCH3 is 1. The van der Waals surface area contributed by atoms with Gasteiger partial charge in [-0.25, -0.2) is 0 Å². The minimum absolute atomic E-state index is 0. The minimum Gasteiger partial charge on any atom is -0.460 e. The molecule has 0 aliphatic carbocycles. The van der Waals surface area contributed by atoms with Crippen LogP contribution in [0.1, 0.15) is 12.2 Å². The van der Waals surface area contributed by atoms with E-state index in [-0.39, 0.29) is 12.4 Å². The summed E-state index contributed by atoms with van der Waals surface area (Å²) < 4.78 is 10.8. The molecule has 1 heterocycles. The van der Waals surface area contributed by atoms with E-state index in [1.165, 1.54) is 0 Å². The maximum Gasteiger partial charge on any atom is 0.134 e. The first-order valence-corrected chi connectivity index (χ1v) is 6.24. The van der Waals surface area contributed by atoms with E-state index in [4.69, 9.17) is 9.15 Å². The molecule has 0 saturated heterocycles. The van der Waals surface area contributed by atoms with Crippen molar-refractivity contribution in [2.75, 3.05) is 20.3 Å². The van der Waals surface area contributed by atoms with Crippen LogP contribution in [0.2, 0.25) is 0 Å². The van der Waals surface area contributed by atoms with Crippen molar-refractivity contribution in [3.8, 4) is 11.3 Å². The predicted octanol–water partition coefficient (Wildman–Crippen LogP) is 3.49. The summed E-state index contributed by atoms with van der Waals surface area (Å²) in [7, 11) is 1.72. The molecule has 1 aromatic heterocycles. The van der Waals surface area contributed by atoms with Crippen LogP contribution in [0.4, 0.5) is 0 Å². The summed E-state index contributed by atoms with van der Waals surface area (Å²) in [6.07, 6.45) is 1.02. The maximum atomic E-state index is 5.78. The fourth-order valence-corrected chi connectivity index (χ4v) is 1.78. The topological polar surface area (TPSA) is 34.4 Å². The molecule has 0 saturated carbocycles. The van der Waals surface area contributed by atoms with Gasteiger partial charge in [0.2, 0.25) is 0 Å². The molecule has 3 nitrogen and oxygen atoms in total. The number of ether oxygens (including phenoxy) is 1. The molecular weight excluding hydrogens is 262 g/mol. The Bertz CT molecular complexity index is 456. The largest absolute Gasteiger partial charge is 0.460 e. The quantitative estimate of drug-likeness (QED) is 0.789. The molecule has 0 atom stereocenters. The first-order chi connectivity index (χ1) is 8.90. The van der Waals surface area contributed by atoms with E-state index in [2.05, 4.69) is 17.4 Å². The van der Waals surface area contributed by atoms with Crippen LogP contribution in [0.3, 0.4) is 0 Å². The molecule has 1 N–H and O–H groups in total. The summed E-state index contributed by atoms with van der Waals surface area (Å²) in [5.74, 6) is 1.88. The molecule has 0 unspecified atom stereocenters. The molecule has 4 heteroatoms. The van der Waals surface area contributed by atoms with Gasteiger partial charge < -0.3 is 14.5 Å². The van der Waals surface area contributed by atoms with Gasteiger partial charge in [0, 0.05) is 19.3 Å². The summed E-state index contributed by atoms with van der Waals surface area (Å²) in [4.78, 5) is 0. The average molecular weight is 282 g/mol. The fourth-order valence-electron chi connectivity index (χ4n) is 1.78. The van der Waals surface area contributed by atoms with Crippen molar-refractivity contribution in [1.29, 1.82) is 0 Å². The van der Waals surface area contributed by atoms with Crippen molar-refractivity contribution in [2.24, 2.45) is 0 Å². The molecule has 104 valence electrons. The van der Waals surface area contributed by atoms with Gasteiger partial charge in [0.15, 0.2) is 0 Å². The Labute approximate surface area is 120 Å². The van der Waals surface area contributed by atoms with Crippen molar-refractivity contribution in [1.82, 2.24) is 5.32 Å². The van der Waals surface area contributed by atoms with E-state index in [1.807, 2.05) is 30.3 Å². The zero-order valence-corrected chi connectivity index (χ0v) is 11.9. The first-order valence-electron chi connectivity index (χ1n) is 6.24. The normalized spacial score (nSPS) is 10.2. The highest BCUT2D eigenvalue weighted by molar-refractivity contribution is 5.85. The van der Waals surface area contributed by atoms with Gasteiger partial charge in [0.05, 0.1) is 6.54 Å². The number of rotatable bonds is 7. The summed E-state index contributed by atoms with van der Waals surface area (Å²) in [5, 5.41) is 3.33. The minimum atomic E-state index is 0. The van der Waals surface area contributed by atoms with Crippen molar-refractivity contribution < 1.29 is 9.15 Å². The number of furan rings is 1. The Hall–Kier alpha value is -1.29. The molecule has 1 aromatic carbocycles. The molecule has 0 spiro atoms. The average Bonchev–Trinajstić information content (AvgIpc) is 2.88. The highest BCUT2D eigenvalue weighted by atomic mass is 35.5. The highest BCUT2D eigenvalue weighted by Crippen LogP contribution is 2.21. The molecule has 0 amide bonds. The SMILES string of the molecule is COCCCNCc1ccc(-c2ccccc2)o1.Cl. The Morgan fingerprint density at radius 3 is 2.63 bits per heavy atom. The van der Waals surface area contributed by atoms with Gasteiger partial charge in [0.25, 0.3) is 0 Å². The Kier molecular flexibility index (Phi) is 7.26. The second kappa shape index (κ2) is 8.75. The smallest absolute Gasteiger partial charge is 0.134 e. The van der Waals surface area contributed by atoms with Gasteiger partial charge >= 0.3 is 0 Å². The second-order valence-corrected chi connectivity index (χ2v) is 4.16. The van der Waals surface area contributed by atoms with Crippen molar-refractivity contribution >= 4 is 12.4 Å². The van der Waals surface area contributed by atoms with Crippen LogP contribution in [0.25, 0.3) is 11.3 Å². The molecule has 2 aromatic rings. The molecule has 2 rings (SSSR count). The number of benzene rings is 1. The molecule has 0 aliphatic rings. The third-order valence-electron chi connectivity index (χ3n) is 2.72. The van der Waals surface area contributed by atoms with Gasteiger partial charge in [-0.1, -0.05) is 30.3 Å². The van der Waals surface area contributed by atoms with Crippen LogP contribution < -0.4 is 5.32 Å². The lowest BCUT2D eigenvalue weighted by Crippen LogP contribution is -2.15. The summed E-state index contributed by atoms with van der Waals surface area (Å²) in [5.41, 5.74) is 1.11. The zero-order valence-electron chi connectivity index (χ0n) is 11.1. The third kappa shape index (κ3) is 5.07. The van der Waals surface area contributed by atoms with Gasteiger partial charge in [-0.15, -0.1) is 12.4 Å². The third-order valence-corrected chi connectivity index (χ3v) is 2.72. The van der Waals surface area contributed by atoms with Crippen LogP contribution in [-0.2, 0) is 11.3 Å². The summed E-state index contributed by atoms with van der Waals surface area (Å²) >= 11 is 0. The van der Waals surface area contributed by atoms with Gasteiger partial charge in [-0.2, -0.15) is 0 Å². The van der Waals surface area contributed by atoms with Crippen LogP contribution in [0.5, 0.6) is 0 Å². The molecule has 19 heavy (non-hydrogen) atoms. The van der Waals surface area contributed by atoms with E-state index in [0.717, 1.165) is 43.2 Å². The van der Waals surface area contributed by atoms with Crippen molar-refractivity contribution in [3.63, 3.8) is 0 Å². The Morgan fingerprint density at radius 1 is 1.11 bits per heavy atom. The zero-order chi connectivity index (χ0) is 12.6. The number of halogens is 1. The van der Waals surface area contributed by atoms with Crippen LogP contribution >= 0.6 is 12.4 Å². The van der Waals surface area contributed by atoms with Gasteiger partial charge in [-0.05, 0) is 25.1 Å². The Balaban J connectivity index is 0.00000180. The van der Waals surface area contributed by atoms with E-state index < -0.39 is 0 Å². The van der Waals surface area contributed by atoms with Crippen molar-refractivity contribution in [2.45, 2.75) is 13.0 Å². The highest BCUT2D eigenvalue weighted by Gasteiger charge is 2.03. The second-order valence-electron chi connectivity index (χ2n) is 4.16. The fraction of sp³-hybridized carbons (Fsp3) is 0.333. The number of hydrogen-bond donors (Lipinski definition) is 1. The van der Waals surface area contributed by atoms with Crippen LogP contribution in [0.15, 0.2) is 46.9 Å². The molecule has 0 aliphatic heterocycles. The number of hydrogen-bond acceptors (Lipinski definition) is 3. The summed E-state index contributed by atoms with van der Waals surface area (Å²) in [6.45, 7) is 2.49. The molecule has 0 bridgehead atoms. The van der Waals surface area contributed by atoms with Crippen LogP contribution in [0, 0.1) is 0 Å². The van der Waals surface area contributed by atoms with E-state index in [9.17, 15) is 0 Å². The lowest BCUT2D eigenvalue weighted by molar-refractivity contribution is 0.194. The van der Waals surface area contributed by atoms with Crippen LogP contribution in [-0.4, -0.2) is 20.3 Å². The Morgan fingerprint density at radius 2 is 1.89 bits per heavy atom. The standard InChI is InChI=1S/C15H19NO2.ClH/c1-17-11-5-10-16-12-14-8-9-15(18-14)13-6-3-2-4-7-13;/h2-4,6-9,16H,5,10-12H2,1H3;1H. The monoisotopic (exact) mass is 281 g/mol. The predicted molar refractivity (Wildman–Crippen MR) is 79.6 cm³/mol. The molecular formula is C15H20ClNO2. The maximum absolute atomic E-state index is 5.78. The van der Waals surface area contributed by atoms with E-state index >= 15 is 0 Å².